The number of rotatable bonds is 5. The number of ether oxygens (including phenoxy) is 1. The molecule has 0 atom stereocenters. The predicted molar refractivity (Wildman–Crippen MR) is 88.1 cm³/mol. The standard InChI is InChI=1S/C17H25N3O2/c1-22-14-5-3-13(4-6-14)20-15(18)19-11-17(12-21)9-16(10-17)7-2-8-16/h3-6,21H,2,7-12H2,1H3,(H3,18,19,20). The first-order chi connectivity index (χ1) is 10.6. The minimum absolute atomic E-state index is 0.0490. The number of methoxy groups -OCH3 is 1. The summed E-state index contributed by atoms with van der Waals surface area (Å²) in [5.74, 6) is 1.20. The second-order valence-corrected chi connectivity index (χ2v) is 6.92. The molecule has 0 bridgehead atoms. The summed E-state index contributed by atoms with van der Waals surface area (Å²) in [4.78, 5) is 4.44. The van der Waals surface area contributed by atoms with Crippen LogP contribution in [0.25, 0.3) is 0 Å². The van der Waals surface area contributed by atoms with Gasteiger partial charge in [-0.1, -0.05) is 6.42 Å². The molecule has 0 aliphatic heterocycles. The zero-order valence-electron chi connectivity index (χ0n) is 13.1. The summed E-state index contributed by atoms with van der Waals surface area (Å²) in [5, 5.41) is 12.8. The molecule has 0 aromatic heterocycles. The van der Waals surface area contributed by atoms with Crippen LogP contribution in [0.1, 0.15) is 32.1 Å². The highest BCUT2D eigenvalue weighted by molar-refractivity contribution is 5.92. The summed E-state index contributed by atoms with van der Waals surface area (Å²) < 4.78 is 5.12. The molecule has 2 aliphatic carbocycles. The van der Waals surface area contributed by atoms with E-state index in [0.29, 0.717) is 17.9 Å². The second-order valence-electron chi connectivity index (χ2n) is 6.92. The lowest BCUT2D eigenvalue weighted by Crippen LogP contribution is -2.54. The monoisotopic (exact) mass is 303 g/mol. The summed E-state index contributed by atoms with van der Waals surface area (Å²) in [6, 6.07) is 7.54. The Kier molecular flexibility index (Phi) is 4.00. The third-order valence-corrected chi connectivity index (χ3v) is 5.20. The molecule has 3 rings (SSSR count). The number of nitrogens with zero attached hydrogens (tertiary/aromatic N) is 1. The molecule has 1 aromatic carbocycles. The molecule has 2 fully saturated rings. The molecule has 2 saturated carbocycles. The van der Waals surface area contributed by atoms with Gasteiger partial charge in [0, 0.05) is 11.1 Å². The van der Waals surface area contributed by atoms with E-state index in [0.717, 1.165) is 24.3 Å². The number of aliphatic hydroxyl groups excluding tert-OH is 1. The Morgan fingerprint density at radius 3 is 2.50 bits per heavy atom. The smallest absolute Gasteiger partial charge is 0.193 e. The van der Waals surface area contributed by atoms with Crippen LogP contribution < -0.4 is 15.8 Å². The van der Waals surface area contributed by atoms with Gasteiger partial charge in [-0.15, -0.1) is 0 Å². The molecular formula is C17H25N3O2. The quantitative estimate of drug-likeness (QED) is 0.576. The van der Waals surface area contributed by atoms with Crippen molar-refractivity contribution in [3.63, 3.8) is 0 Å². The molecule has 0 radical (unpaired) electrons. The van der Waals surface area contributed by atoms with Gasteiger partial charge in [0.2, 0.25) is 0 Å². The van der Waals surface area contributed by atoms with E-state index < -0.39 is 0 Å². The van der Waals surface area contributed by atoms with E-state index in [-0.39, 0.29) is 12.0 Å². The van der Waals surface area contributed by atoms with Gasteiger partial charge in [0.25, 0.3) is 0 Å². The van der Waals surface area contributed by atoms with Crippen molar-refractivity contribution in [1.29, 1.82) is 0 Å². The van der Waals surface area contributed by atoms with Crippen molar-refractivity contribution in [3.05, 3.63) is 24.3 Å². The van der Waals surface area contributed by atoms with Gasteiger partial charge in [0.1, 0.15) is 5.75 Å². The molecule has 0 heterocycles. The molecule has 5 heteroatoms. The zero-order chi connectivity index (χ0) is 15.6. The number of hydrogen-bond acceptors (Lipinski definition) is 3. The molecule has 0 saturated heterocycles. The zero-order valence-corrected chi connectivity index (χ0v) is 13.1. The molecule has 5 nitrogen and oxygen atoms in total. The van der Waals surface area contributed by atoms with Crippen molar-refractivity contribution in [3.8, 4) is 5.75 Å². The molecule has 22 heavy (non-hydrogen) atoms. The van der Waals surface area contributed by atoms with Crippen LogP contribution in [-0.4, -0.2) is 31.3 Å². The van der Waals surface area contributed by atoms with Gasteiger partial charge in [-0.3, -0.25) is 4.99 Å². The molecule has 120 valence electrons. The van der Waals surface area contributed by atoms with Crippen molar-refractivity contribution in [2.75, 3.05) is 25.6 Å². The van der Waals surface area contributed by atoms with E-state index in [1.807, 2.05) is 24.3 Å². The van der Waals surface area contributed by atoms with Crippen LogP contribution in [0.4, 0.5) is 5.69 Å². The van der Waals surface area contributed by atoms with Crippen LogP contribution in [0, 0.1) is 10.8 Å². The van der Waals surface area contributed by atoms with Gasteiger partial charge in [0.05, 0.1) is 20.3 Å². The number of anilines is 1. The summed E-state index contributed by atoms with van der Waals surface area (Å²) >= 11 is 0. The third-order valence-electron chi connectivity index (χ3n) is 5.20. The fraction of sp³-hybridized carbons (Fsp3) is 0.588. The minimum atomic E-state index is -0.0490. The first-order valence-corrected chi connectivity index (χ1v) is 7.91. The Morgan fingerprint density at radius 1 is 1.32 bits per heavy atom. The lowest BCUT2D eigenvalue weighted by atomic mass is 9.45. The topological polar surface area (TPSA) is 79.9 Å². The van der Waals surface area contributed by atoms with Crippen molar-refractivity contribution in [1.82, 2.24) is 0 Å². The number of benzene rings is 1. The minimum Gasteiger partial charge on any atom is -0.497 e. The Morgan fingerprint density at radius 2 is 2.00 bits per heavy atom. The molecule has 0 unspecified atom stereocenters. The Balaban J connectivity index is 1.55. The highest BCUT2D eigenvalue weighted by Crippen LogP contribution is 2.64. The predicted octanol–water partition coefficient (Wildman–Crippen LogP) is 2.36. The van der Waals surface area contributed by atoms with Gasteiger partial charge in [-0.25, -0.2) is 0 Å². The highest BCUT2D eigenvalue weighted by Gasteiger charge is 2.56. The lowest BCUT2D eigenvalue weighted by molar-refractivity contribution is -0.114. The van der Waals surface area contributed by atoms with Gasteiger partial charge in [-0.2, -0.15) is 0 Å². The Hall–Kier alpha value is -1.75. The van der Waals surface area contributed by atoms with Gasteiger partial charge >= 0.3 is 0 Å². The van der Waals surface area contributed by atoms with Crippen molar-refractivity contribution < 1.29 is 9.84 Å². The average molecular weight is 303 g/mol. The largest absolute Gasteiger partial charge is 0.497 e. The Bertz CT molecular complexity index is 542. The van der Waals surface area contributed by atoms with Crippen LogP contribution in [0.2, 0.25) is 0 Å². The Labute approximate surface area is 131 Å². The van der Waals surface area contributed by atoms with Crippen LogP contribution in [-0.2, 0) is 0 Å². The number of nitrogens with one attached hydrogen (secondary N) is 1. The number of aliphatic imine (C=N–C) groups is 1. The van der Waals surface area contributed by atoms with Gasteiger partial charge in [-0.05, 0) is 55.4 Å². The summed E-state index contributed by atoms with van der Waals surface area (Å²) in [6.07, 6.45) is 6.16. The van der Waals surface area contributed by atoms with Crippen LogP contribution in [0.5, 0.6) is 5.75 Å². The molecular weight excluding hydrogens is 278 g/mol. The third kappa shape index (κ3) is 2.90. The van der Waals surface area contributed by atoms with E-state index >= 15 is 0 Å². The van der Waals surface area contributed by atoms with Crippen molar-refractivity contribution in [2.45, 2.75) is 32.1 Å². The summed E-state index contributed by atoms with van der Waals surface area (Å²) in [6.45, 7) is 0.800. The average Bonchev–Trinajstić information content (AvgIpc) is 2.46. The lowest BCUT2D eigenvalue weighted by Gasteiger charge is -2.60. The molecule has 2 aliphatic rings. The second kappa shape index (κ2) is 5.80. The van der Waals surface area contributed by atoms with Gasteiger partial charge in [0.15, 0.2) is 5.96 Å². The first-order valence-electron chi connectivity index (χ1n) is 7.91. The molecule has 1 spiro atoms. The molecule has 4 N–H and O–H groups in total. The van der Waals surface area contributed by atoms with Gasteiger partial charge < -0.3 is 20.9 Å². The number of hydrogen-bond donors (Lipinski definition) is 3. The van der Waals surface area contributed by atoms with Crippen molar-refractivity contribution in [2.24, 2.45) is 21.6 Å². The van der Waals surface area contributed by atoms with E-state index in [1.165, 1.54) is 19.3 Å². The maximum absolute atomic E-state index is 9.70. The van der Waals surface area contributed by atoms with Crippen molar-refractivity contribution >= 4 is 11.6 Å². The highest BCUT2D eigenvalue weighted by atomic mass is 16.5. The number of guanidine groups is 1. The van der Waals surface area contributed by atoms with E-state index in [9.17, 15) is 5.11 Å². The number of nitrogens with two attached hydrogens (primary N) is 1. The maximum Gasteiger partial charge on any atom is 0.193 e. The summed E-state index contributed by atoms with van der Waals surface area (Å²) in [7, 11) is 1.64. The van der Waals surface area contributed by atoms with E-state index in [4.69, 9.17) is 10.5 Å². The SMILES string of the molecule is COc1ccc(NC(N)=NCC2(CO)CC3(CCC3)C2)cc1. The van der Waals surface area contributed by atoms with E-state index in [2.05, 4.69) is 10.3 Å². The number of aliphatic hydroxyl groups is 1. The van der Waals surface area contributed by atoms with Crippen LogP contribution in [0.3, 0.4) is 0 Å². The van der Waals surface area contributed by atoms with Crippen LogP contribution >= 0.6 is 0 Å². The normalized spacial score (nSPS) is 21.8. The fourth-order valence-electron chi connectivity index (χ4n) is 3.96. The molecule has 0 amide bonds. The molecule has 1 aromatic rings. The first kappa shape index (κ1) is 15.2. The van der Waals surface area contributed by atoms with E-state index in [1.54, 1.807) is 7.11 Å². The van der Waals surface area contributed by atoms with Crippen LogP contribution in [0.15, 0.2) is 29.3 Å². The maximum atomic E-state index is 9.70. The summed E-state index contributed by atoms with van der Waals surface area (Å²) in [5.41, 5.74) is 7.31. The fourth-order valence-corrected chi connectivity index (χ4v) is 3.96.